The predicted octanol–water partition coefficient (Wildman–Crippen LogP) is 5.06. The van der Waals surface area contributed by atoms with E-state index in [1.54, 1.807) is 6.08 Å². The first-order valence-electron chi connectivity index (χ1n) is 9.25. The van der Waals surface area contributed by atoms with Crippen molar-refractivity contribution in [2.24, 2.45) is 5.84 Å². The lowest BCUT2D eigenvalue weighted by Crippen LogP contribution is -2.08. The summed E-state index contributed by atoms with van der Waals surface area (Å²) in [6, 6.07) is 15.8. The van der Waals surface area contributed by atoms with Crippen molar-refractivity contribution in [1.82, 2.24) is 9.38 Å². The number of nitrogens with zero attached hydrogens (tertiary/aromatic N) is 2. The average molecular weight is 404 g/mol. The van der Waals surface area contributed by atoms with Crippen LogP contribution < -0.4 is 17.0 Å². The molecule has 2 aromatic carbocycles. The molecular formula is C23H22ClN5. The van der Waals surface area contributed by atoms with Crippen LogP contribution in [0, 0.1) is 6.92 Å². The molecule has 0 amide bonds. The molecule has 0 aliphatic heterocycles. The fourth-order valence-electron chi connectivity index (χ4n) is 3.47. The number of rotatable bonds is 5. The van der Waals surface area contributed by atoms with Crippen LogP contribution in [0.3, 0.4) is 0 Å². The van der Waals surface area contributed by atoms with Gasteiger partial charge in [0, 0.05) is 23.9 Å². The van der Waals surface area contributed by atoms with Crippen molar-refractivity contribution in [3.8, 4) is 11.3 Å². The number of hydrogen-bond donors (Lipinski definition) is 3. The molecule has 0 atom stereocenters. The predicted molar refractivity (Wildman–Crippen MR) is 122 cm³/mol. The standard InChI is InChI=1S/C23H22ClN5/c1-3-15-5-7-18(19(24)11-15)22-9-8-21(28-26)23-27-17(13-29(22)23)12-16-6-4-14(2)10-20(16)25/h3-11,13,28H,1,12,25-26H2,2H3. The third-order valence-electron chi connectivity index (χ3n) is 5.00. The highest BCUT2D eigenvalue weighted by molar-refractivity contribution is 6.33. The number of hydrazine groups is 1. The van der Waals surface area contributed by atoms with Crippen LogP contribution in [0.2, 0.25) is 5.02 Å². The summed E-state index contributed by atoms with van der Waals surface area (Å²) in [5, 5.41) is 0.648. The van der Waals surface area contributed by atoms with E-state index in [0.717, 1.165) is 50.7 Å². The van der Waals surface area contributed by atoms with E-state index >= 15 is 0 Å². The molecule has 5 nitrogen and oxygen atoms in total. The van der Waals surface area contributed by atoms with Crippen LogP contribution >= 0.6 is 11.6 Å². The first kappa shape index (κ1) is 19.1. The van der Waals surface area contributed by atoms with E-state index in [9.17, 15) is 0 Å². The lowest BCUT2D eigenvalue weighted by atomic mass is 10.1. The Bertz CT molecular complexity index is 1230. The Kier molecular flexibility index (Phi) is 5.01. The molecule has 29 heavy (non-hydrogen) atoms. The van der Waals surface area contributed by atoms with Crippen molar-refractivity contribution in [1.29, 1.82) is 0 Å². The second-order valence-corrected chi connectivity index (χ2v) is 7.43. The van der Waals surface area contributed by atoms with Gasteiger partial charge in [0.2, 0.25) is 0 Å². The molecule has 0 saturated heterocycles. The molecule has 6 heteroatoms. The van der Waals surface area contributed by atoms with E-state index < -0.39 is 0 Å². The fraction of sp³-hybridized carbons (Fsp3) is 0.0870. The number of halogens is 1. The zero-order chi connectivity index (χ0) is 20.5. The Balaban J connectivity index is 1.84. The van der Waals surface area contributed by atoms with E-state index in [4.69, 9.17) is 28.2 Å². The summed E-state index contributed by atoms with van der Waals surface area (Å²) in [4.78, 5) is 4.80. The molecule has 4 rings (SSSR count). The van der Waals surface area contributed by atoms with Crippen LogP contribution in [0.15, 0.2) is 61.3 Å². The molecule has 0 unspecified atom stereocenters. The van der Waals surface area contributed by atoms with Gasteiger partial charge in [-0.3, -0.25) is 10.2 Å². The minimum absolute atomic E-state index is 0.625. The van der Waals surface area contributed by atoms with Gasteiger partial charge in [-0.1, -0.05) is 48.5 Å². The Labute approximate surface area is 174 Å². The summed E-state index contributed by atoms with van der Waals surface area (Å²) < 4.78 is 2.00. The SMILES string of the molecule is C=Cc1ccc(-c2ccc(NN)c3nc(Cc4ccc(C)cc4N)cn23)c(Cl)c1. The van der Waals surface area contributed by atoms with Gasteiger partial charge in [0.15, 0.2) is 5.65 Å². The van der Waals surface area contributed by atoms with E-state index in [-0.39, 0.29) is 0 Å². The maximum atomic E-state index is 6.55. The Hall–Kier alpha value is -3.28. The molecule has 0 radical (unpaired) electrons. The highest BCUT2D eigenvalue weighted by Gasteiger charge is 2.14. The van der Waals surface area contributed by atoms with Gasteiger partial charge in [-0.2, -0.15) is 0 Å². The zero-order valence-electron chi connectivity index (χ0n) is 16.1. The van der Waals surface area contributed by atoms with Crippen LogP contribution in [-0.4, -0.2) is 9.38 Å². The van der Waals surface area contributed by atoms with Gasteiger partial charge in [0.25, 0.3) is 0 Å². The second kappa shape index (κ2) is 7.62. The number of aromatic nitrogens is 2. The summed E-state index contributed by atoms with van der Waals surface area (Å²) in [5.74, 6) is 5.71. The minimum atomic E-state index is 0.625. The summed E-state index contributed by atoms with van der Waals surface area (Å²) in [6.07, 6.45) is 4.40. The molecular weight excluding hydrogens is 382 g/mol. The molecule has 0 aliphatic carbocycles. The highest BCUT2D eigenvalue weighted by Crippen LogP contribution is 2.32. The van der Waals surface area contributed by atoms with Gasteiger partial charge >= 0.3 is 0 Å². The van der Waals surface area contributed by atoms with Crippen molar-refractivity contribution < 1.29 is 0 Å². The molecule has 146 valence electrons. The van der Waals surface area contributed by atoms with Crippen LogP contribution in [0.25, 0.3) is 23.0 Å². The van der Waals surface area contributed by atoms with Crippen molar-refractivity contribution in [3.63, 3.8) is 0 Å². The van der Waals surface area contributed by atoms with Crippen molar-refractivity contribution in [3.05, 3.63) is 88.7 Å². The number of aryl methyl sites for hydroxylation is 1. The second-order valence-electron chi connectivity index (χ2n) is 7.02. The van der Waals surface area contributed by atoms with Gasteiger partial charge in [-0.05, 0) is 47.9 Å². The first-order chi connectivity index (χ1) is 14.0. The van der Waals surface area contributed by atoms with Gasteiger partial charge in [0.05, 0.1) is 22.1 Å². The van der Waals surface area contributed by atoms with E-state index in [1.165, 1.54) is 0 Å². The number of pyridine rings is 1. The molecule has 5 N–H and O–H groups in total. The van der Waals surface area contributed by atoms with Crippen LogP contribution in [0.5, 0.6) is 0 Å². The summed E-state index contributed by atoms with van der Waals surface area (Å²) >= 11 is 6.55. The molecule has 0 bridgehead atoms. The molecule has 4 aromatic rings. The average Bonchev–Trinajstić information content (AvgIpc) is 3.13. The topological polar surface area (TPSA) is 81.4 Å². The van der Waals surface area contributed by atoms with Crippen molar-refractivity contribution in [2.75, 3.05) is 11.2 Å². The first-order valence-corrected chi connectivity index (χ1v) is 9.63. The monoisotopic (exact) mass is 403 g/mol. The number of benzene rings is 2. The van der Waals surface area contributed by atoms with E-state index in [2.05, 4.69) is 18.1 Å². The maximum absolute atomic E-state index is 6.55. The molecule has 2 aromatic heterocycles. The van der Waals surface area contributed by atoms with Crippen molar-refractivity contribution >= 4 is 34.7 Å². The molecule has 0 aliphatic rings. The van der Waals surface area contributed by atoms with Crippen LogP contribution in [0.4, 0.5) is 11.4 Å². The van der Waals surface area contributed by atoms with Crippen LogP contribution in [0.1, 0.15) is 22.4 Å². The van der Waals surface area contributed by atoms with Crippen LogP contribution in [-0.2, 0) is 6.42 Å². The number of fused-ring (bicyclic) bond motifs is 1. The van der Waals surface area contributed by atoms with E-state index in [1.807, 2.05) is 60.0 Å². The molecule has 0 fully saturated rings. The van der Waals surface area contributed by atoms with Gasteiger partial charge < -0.3 is 11.2 Å². The number of imidazole rings is 1. The number of hydrogen-bond acceptors (Lipinski definition) is 4. The Morgan fingerprint density at radius 2 is 2.00 bits per heavy atom. The molecule has 0 spiro atoms. The molecule has 0 saturated carbocycles. The van der Waals surface area contributed by atoms with Crippen molar-refractivity contribution in [2.45, 2.75) is 13.3 Å². The summed E-state index contributed by atoms with van der Waals surface area (Å²) in [6.45, 7) is 5.82. The smallest absolute Gasteiger partial charge is 0.162 e. The largest absolute Gasteiger partial charge is 0.398 e. The number of anilines is 2. The molecule has 2 heterocycles. The normalized spacial score (nSPS) is 11.0. The van der Waals surface area contributed by atoms with Gasteiger partial charge in [0.1, 0.15) is 0 Å². The third kappa shape index (κ3) is 3.58. The van der Waals surface area contributed by atoms with Gasteiger partial charge in [-0.25, -0.2) is 4.98 Å². The maximum Gasteiger partial charge on any atom is 0.162 e. The lowest BCUT2D eigenvalue weighted by Gasteiger charge is -2.11. The lowest BCUT2D eigenvalue weighted by molar-refractivity contribution is 1.11. The number of nitrogen functional groups attached to an aromatic ring is 2. The third-order valence-corrected chi connectivity index (χ3v) is 5.31. The van der Waals surface area contributed by atoms with E-state index in [0.29, 0.717) is 11.4 Å². The quantitative estimate of drug-likeness (QED) is 0.247. The number of nitrogens with two attached hydrogens (primary N) is 2. The fourth-order valence-corrected chi connectivity index (χ4v) is 3.76. The summed E-state index contributed by atoms with van der Waals surface area (Å²) in [5.41, 5.74) is 17.0. The number of nitrogens with one attached hydrogen (secondary N) is 1. The minimum Gasteiger partial charge on any atom is -0.398 e. The van der Waals surface area contributed by atoms with Gasteiger partial charge in [-0.15, -0.1) is 0 Å². The Morgan fingerprint density at radius 3 is 2.69 bits per heavy atom. The summed E-state index contributed by atoms with van der Waals surface area (Å²) in [7, 11) is 0. The highest BCUT2D eigenvalue weighted by atomic mass is 35.5. The zero-order valence-corrected chi connectivity index (χ0v) is 16.9. The Morgan fingerprint density at radius 1 is 1.17 bits per heavy atom.